The lowest BCUT2D eigenvalue weighted by molar-refractivity contribution is 0.0966. The van der Waals surface area contributed by atoms with Crippen molar-refractivity contribution in [1.82, 2.24) is 5.32 Å². The minimum absolute atomic E-state index is 0.140. The summed E-state index contributed by atoms with van der Waals surface area (Å²) in [6.07, 6.45) is 0.832. The van der Waals surface area contributed by atoms with E-state index in [4.69, 9.17) is 12.2 Å². The lowest BCUT2D eigenvalue weighted by atomic mass is 9.98. The van der Waals surface area contributed by atoms with E-state index in [-0.39, 0.29) is 17.4 Å². The Hall–Kier alpha value is -2.88. The van der Waals surface area contributed by atoms with Crippen LogP contribution in [-0.2, 0) is 0 Å². The van der Waals surface area contributed by atoms with Gasteiger partial charge in [-0.3, -0.25) is 10.1 Å². The third kappa shape index (κ3) is 4.58. The minimum Gasteiger partial charge on any atom is -0.506 e. The van der Waals surface area contributed by atoms with Gasteiger partial charge in [0.05, 0.1) is 12.8 Å². The molecule has 2 aromatic rings. The molecule has 2 rings (SSSR count). The van der Waals surface area contributed by atoms with E-state index in [1.54, 1.807) is 12.1 Å². The second-order valence-corrected chi connectivity index (χ2v) is 6.57. The van der Waals surface area contributed by atoms with E-state index in [2.05, 4.69) is 10.1 Å². The number of thiocarbonyl (C=S) groups is 1. The lowest BCUT2D eigenvalue weighted by Gasteiger charge is -2.15. The molecule has 0 heterocycles. The zero-order chi connectivity index (χ0) is 21.9. The number of halogens is 4. The summed E-state index contributed by atoms with van der Waals surface area (Å²) in [4.78, 5) is 12.1. The molecule has 0 aliphatic rings. The largest absolute Gasteiger partial charge is 0.506 e. The van der Waals surface area contributed by atoms with Crippen molar-refractivity contribution in [2.45, 2.75) is 26.2 Å². The average Bonchev–Trinajstić information content (AvgIpc) is 2.68. The first-order valence-electron chi connectivity index (χ1n) is 8.47. The van der Waals surface area contributed by atoms with E-state index in [0.717, 1.165) is 19.1 Å². The predicted octanol–water partition coefficient (Wildman–Crippen LogP) is 4.60. The van der Waals surface area contributed by atoms with Crippen LogP contribution in [0.25, 0.3) is 0 Å². The highest BCUT2D eigenvalue weighted by atomic mass is 32.1. The Morgan fingerprint density at radius 2 is 1.76 bits per heavy atom. The number of ether oxygens (including phenoxy) is 1. The summed E-state index contributed by atoms with van der Waals surface area (Å²) >= 11 is 4.90. The SMILES string of the molecule is CCC(C)c1ccc(O)c(NC(=S)NC(=O)c2c(F)c(F)c(OC)c(F)c2F)c1. The van der Waals surface area contributed by atoms with Crippen LogP contribution in [-0.4, -0.2) is 23.2 Å². The third-order valence-electron chi connectivity index (χ3n) is 4.33. The maximum absolute atomic E-state index is 14.0. The highest BCUT2D eigenvalue weighted by Gasteiger charge is 2.30. The number of phenolic OH excluding ortho intramolecular Hbond substituents is 1. The Morgan fingerprint density at radius 3 is 2.28 bits per heavy atom. The first kappa shape index (κ1) is 22.4. The van der Waals surface area contributed by atoms with Gasteiger partial charge in [0.1, 0.15) is 11.3 Å². The first-order valence-corrected chi connectivity index (χ1v) is 8.88. The van der Waals surface area contributed by atoms with Gasteiger partial charge in [0.25, 0.3) is 5.91 Å². The van der Waals surface area contributed by atoms with Crippen LogP contribution in [0.4, 0.5) is 23.2 Å². The molecule has 0 aliphatic carbocycles. The molecular weight excluding hydrogens is 412 g/mol. The van der Waals surface area contributed by atoms with Crippen molar-refractivity contribution >= 4 is 28.9 Å². The Labute approximate surface area is 169 Å². The Morgan fingerprint density at radius 1 is 1.17 bits per heavy atom. The van der Waals surface area contributed by atoms with Crippen LogP contribution < -0.4 is 15.4 Å². The molecule has 29 heavy (non-hydrogen) atoms. The highest BCUT2D eigenvalue weighted by Crippen LogP contribution is 2.30. The monoisotopic (exact) mass is 430 g/mol. The number of anilines is 1. The van der Waals surface area contributed by atoms with Crippen LogP contribution in [0.3, 0.4) is 0 Å². The van der Waals surface area contributed by atoms with Gasteiger partial charge in [0, 0.05) is 0 Å². The van der Waals surface area contributed by atoms with E-state index < -0.39 is 45.6 Å². The summed E-state index contributed by atoms with van der Waals surface area (Å²) in [5.41, 5.74) is -0.484. The number of hydrogen-bond donors (Lipinski definition) is 3. The molecule has 10 heteroatoms. The normalized spacial score (nSPS) is 11.7. The quantitative estimate of drug-likeness (QED) is 0.280. The number of phenols is 1. The minimum atomic E-state index is -1.93. The van der Waals surface area contributed by atoms with Gasteiger partial charge < -0.3 is 15.2 Å². The van der Waals surface area contributed by atoms with E-state index in [1.807, 2.05) is 19.2 Å². The molecule has 3 N–H and O–H groups in total. The highest BCUT2D eigenvalue weighted by molar-refractivity contribution is 7.80. The molecule has 1 atom stereocenters. The van der Waals surface area contributed by atoms with Crippen molar-refractivity contribution in [3.8, 4) is 11.5 Å². The first-order chi connectivity index (χ1) is 13.6. The van der Waals surface area contributed by atoms with Crippen molar-refractivity contribution in [2.75, 3.05) is 12.4 Å². The van der Waals surface area contributed by atoms with Gasteiger partial charge in [0.2, 0.25) is 11.6 Å². The fourth-order valence-electron chi connectivity index (χ4n) is 2.51. The second-order valence-electron chi connectivity index (χ2n) is 6.16. The molecule has 0 saturated heterocycles. The topological polar surface area (TPSA) is 70.6 Å². The van der Waals surface area contributed by atoms with Crippen LogP contribution in [0, 0.1) is 23.3 Å². The molecular formula is C19H18F4N2O3S. The summed E-state index contributed by atoms with van der Waals surface area (Å²) in [6, 6.07) is 4.72. The maximum atomic E-state index is 14.0. The predicted molar refractivity (Wildman–Crippen MR) is 103 cm³/mol. The van der Waals surface area contributed by atoms with Gasteiger partial charge in [-0.05, 0) is 42.3 Å². The van der Waals surface area contributed by atoms with Gasteiger partial charge in [0.15, 0.2) is 22.5 Å². The third-order valence-corrected chi connectivity index (χ3v) is 4.54. The molecule has 156 valence electrons. The van der Waals surface area contributed by atoms with Crippen molar-refractivity contribution in [3.63, 3.8) is 0 Å². The number of aromatic hydroxyl groups is 1. The molecule has 0 aromatic heterocycles. The summed E-state index contributed by atoms with van der Waals surface area (Å²) in [7, 11) is 0.819. The second kappa shape index (κ2) is 9.08. The molecule has 0 saturated carbocycles. The molecule has 0 bridgehead atoms. The van der Waals surface area contributed by atoms with E-state index in [1.165, 1.54) is 6.07 Å². The van der Waals surface area contributed by atoms with E-state index in [9.17, 15) is 27.5 Å². The number of methoxy groups -OCH3 is 1. The van der Waals surface area contributed by atoms with E-state index >= 15 is 0 Å². The zero-order valence-corrected chi connectivity index (χ0v) is 16.5. The number of nitrogens with one attached hydrogen (secondary N) is 2. The van der Waals surface area contributed by atoms with Gasteiger partial charge >= 0.3 is 0 Å². The Bertz CT molecular complexity index is 940. The summed E-state index contributed by atoms with van der Waals surface area (Å²) in [6.45, 7) is 3.94. The van der Waals surface area contributed by atoms with Gasteiger partial charge in [-0.1, -0.05) is 19.9 Å². The maximum Gasteiger partial charge on any atom is 0.263 e. The molecule has 1 unspecified atom stereocenters. The number of hydrogen-bond acceptors (Lipinski definition) is 4. The van der Waals surface area contributed by atoms with Crippen LogP contribution in [0.15, 0.2) is 18.2 Å². The van der Waals surface area contributed by atoms with Crippen LogP contribution in [0.2, 0.25) is 0 Å². The average molecular weight is 430 g/mol. The lowest BCUT2D eigenvalue weighted by Crippen LogP contribution is -2.35. The molecule has 1 amide bonds. The molecule has 0 fully saturated rings. The number of carbonyl (C=O) groups excluding carboxylic acids is 1. The van der Waals surface area contributed by atoms with Gasteiger partial charge in [-0.15, -0.1) is 0 Å². The summed E-state index contributed by atoms with van der Waals surface area (Å²) in [5, 5.41) is 13.9. The number of amides is 1. The van der Waals surface area contributed by atoms with Crippen molar-refractivity contribution in [3.05, 3.63) is 52.6 Å². The molecule has 0 aliphatic heterocycles. The summed E-state index contributed by atoms with van der Waals surface area (Å²) in [5.74, 6) is -10.4. The number of benzene rings is 2. The van der Waals surface area contributed by atoms with Crippen molar-refractivity contribution < 1.29 is 32.2 Å². The summed E-state index contributed by atoms with van der Waals surface area (Å²) < 4.78 is 59.9. The Balaban J connectivity index is 2.26. The molecule has 0 radical (unpaired) electrons. The van der Waals surface area contributed by atoms with Crippen molar-refractivity contribution in [1.29, 1.82) is 0 Å². The zero-order valence-electron chi connectivity index (χ0n) is 15.7. The van der Waals surface area contributed by atoms with Crippen LogP contribution >= 0.6 is 12.2 Å². The molecule has 0 spiro atoms. The van der Waals surface area contributed by atoms with E-state index in [0.29, 0.717) is 0 Å². The standard InChI is InChI=1S/C19H18F4N2O3S/c1-4-8(2)9-5-6-11(26)10(7-9)24-19(29)25-18(27)12-13(20)15(22)17(28-3)16(23)14(12)21/h5-8,26H,4H2,1-3H3,(H2,24,25,27,29). The number of rotatable bonds is 5. The Kier molecular flexibility index (Phi) is 7.02. The fraction of sp³-hybridized carbons (Fsp3) is 0.263. The fourth-order valence-corrected chi connectivity index (χ4v) is 2.71. The molecule has 5 nitrogen and oxygen atoms in total. The van der Waals surface area contributed by atoms with Crippen LogP contribution in [0.5, 0.6) is 11.5 Å². The van der Waals surface area contributed by atoms with Gasteiger partial charge in [-0.25, -0.2) is 8.78 Å². The van der Waals surface area contributed by atoms with Crippen LogP contribution in [0.1, 0.15) is 42.1 Å². The van der Waals surface area contributed by atoms with Crippen molar-refractivity contribution in [2.24, 2.45) is 0 Å². The smallest absolute Gasteiger partial charge is 0.263 e. The molecule has 2 aromatic carbocycles. The van der Waals surface area contributed by atoms with Gasteiger partial charge in [-0.2, -0.15) is 8.78 Å². The number of carbonyl (C=O) groups is 1.